The Labute approximate surface area is 127 Å². The standard InChI is InChI=1S/C17H14ClNO2/c1-10-7-12(8-11(2)16(10)20)9-13(18)17-19-14-5-3-4-6-15(14)21-17/h3-9,20H,1-2H3/b13-9-. The van der Waals surface area contributed by atoms with E-state index in [1.807, 2.05) is 50.2 Å². The highest BCUT2D eigenvalue weighted by Gasteiger charge is 2.09. The van der Waals surface area contributed by atoms with E-state index in [0.29, 0.717) is 22.3 Å². The zero-order chi connectivity index (χ0) is 15.0. The molecule has 3 rings (SSSR count). The minimum absolute atomic E-state index is 0.310. The lowest BCUT2D eigenvalue weighted by Gasteiger charge is -2.05. The van der Waals surface area contributed by atoms with Crippen molar-refractivity contribution in [3.05, 3.63) is 59.0 Å². The molecule has 0 saturated heterocycles. The maximum absolute atomic E-state index is 9.79. The number of aryl methyl sites for hydroxylation is 2. The van der Waals surface area contributed by atoms with Crippen LogP contribution in [0.3, 0.4) is 0 Å². The first-order valence-electron chi connectivity index (χ1n) is 6.58. The second-order valence-corrected chi connectivity index (χ2v) is 5.39. The van der Waals surface area contributed by atoms with Crippen LogP contribution < -0.4 is 0 Å². The van der Waals surface area contributed by atoms with Crippen LogP contribution in [0.2, 0.25) is 0 Å². The number of phenols is 1. The van der Waals surface area contributed by atoms with Crippen LogP contribution in [-0.2, 0) is 0 Å². The third-order valence-electron chi connectivity index (χ3n) is 3.30. The lowest BCUT2D eigenvalue weighted by Crippen LogP contribution is -1.84. The summed E-state index contributed by atoms with van der Waals surface area (Å²) >= 11 is 6.30. The van der Waals surface area contributed by atoms with Crippen LogP contribution in [0.1, 0.15) is 22.6 Å². The molecule has 2 aromatic carbocycles. The van der Waals surface area contributed by atoms with E-state index in [2.05, 4.69) is 4.98 Å². The van der Waals surface area contributed by atoms with Gasteiger partial charge in [0.25, 0.3) is 0 Å². The van der Waals surface area contributed by atoms with E-state index in [1.54, 1.807) is 6.08 Å². The summed E-state index contributed by atoms with van der Waals surface area (Å²) in [6.07, 6.45) is 1.78. The van der Waals surface area contributed by atoms with Gasteiger partial charge in [0.05, 0.1) is 0 Å². The van der Waals surface area contributed by atoms with Gasteiger partial charge in [-0.3, -0.25) is 0 Å². The molecule has 0 aliphatic heterocycles. The summed E-state index contributed by atoms with van der Waals surface area (Å²) < 4.78 is 5.63. The Balaban J connectivity index is 2.02. The minimum Gasteiger partial charge on any atom is -0.507 e. The predicted octanol–water partition coefficient (Wildman–Crippen LogP) is 4.89. The van der Waals surface area contributed by atoms with Crippen LogP contribution >= 0.6 is 11.6 Å². The molecule has 1 aromatic heterocycles. The van der Waals surface area contributed by atoms with Crippen LogP contribution in [0.5, 0.6) is 5.75 Å². The summed E-state index contributed by atoms with van der Waals surface area (Å²) in [5, 5.41) is 10.2. The Morgan fingerprint density at radius 3 is 2.52 bits per heavy atom. The molecule has 0 fully saturated rings. The summed E-state index contributed by atoms with van der Waals surface area (Å²) in [5.41, 5.74) is 4.00. The first-order valence-corrected chi connectivity index (χ1v) is 6.96. The highest BCUT2D eigenvalue weighted by atomic mass is 35.5. The maximum atomic E-state index is 9.79. The van der Waals surface area contributed by atoms with Crippen molar-refractivity contribution in [3.8, 4) is 5.75 Å². The Morgan fingerprint density at radius 1 is 1.19 bits per heavy atom. The minimum atomic E-state index is 0.310. The van der Waals surface area contributed by atoms with Crippen LogP contribution in [0.25, 0.3) is 22.2 Å². The molecule has 1 heterocycles. The average molecular weight is 300 g/mol. The monoisotopic (exact) mass is 299 g/mol. The number of nitrogens with zero attached hydrogens (tertiary/aromatic N) is 1. The summed E-state index contributed by atoms with van der Waals surface area (Å²) in [6, 6.07) is 11.3. The molecule has 0 amide bonds. The fraction of sp³-hybridized carbons (Fsp3) is 0.118. The Kier molecular flexibility index (Phi) is 3.43. The van der Waals surface area contributed by atoms with Crippen molar-refractivity contribution in [2.45, 2.75) is 13.8 Å². The van der Waals surface area contributed by atoms with Gasteiger partial charge in [0.1, 0.15) is 16.3 Å². The fourth-order valence-corrected chi connectivity index (χ4v) is 2.46. The average Bonchev–Trinajstić information content (AvgIpc) is 2.88. The molecule has 1 N–H and O–H groups in total. The Bertz CT molecular complexity index is 793. The van der Waals surface area contributed by atoms with Crippen LogP contribution in [0.15, 0.2) is 40.8 Å². The summed E-state index contributed by atoms with van der Waals surface area (Å²) in [7, 11) is 0. The number of fused-ring (bicyclic) bond motifs is 1. The molecule has 0 aliphatic carbocycles. The molecular formula is C17H14ClNO2. The first kappa shape index (κ1) is 13.7. The van der Waals surface area contributed by atoms with Crippen molar-refractivity contribution < 1.29 is 9.52 Å². The zero-order valence-electron chi connectivity index (χ0n) is 11.7. The Hall–Kier alpha value is -2.26. The molecule has 3 aromatic rings. The van der Waals surface area contributed by atoms with Gasteiger partial charge in [-0.1, -0.05) is 23.7 Å². The number of halogens is 1. The number of oxazole rings is 1. The van der Waals surface area contributed by atoms with Gasteiger partial charge in [0, 0.05) is 0 Å². The molecule has 21 heavy (non-hydrogen) atoms. The highest BCUT2D eigenvalue weighted by Crippen LogP contribution is 2.28. The van der Waals surface area contributed by atoms with Crippen molar-refractivity contribution in [1.29, 1.82) is 0 Å². The number of hydrogen-bond acceptors (Lipinski definition) is 3. The van der Waals surface area contributed by atoms with Gasteiger partial charge in [0.2, 0.25) is 5.89 Å². The van der Waals surface area contributed by atoms with Gasteiger partial charge < -0.3 is 9.52 Å². The number of phenolic OH excluding ortho intramolecular Hbond substituents is 1. The normalized spacial score (nSPS) is 12.0. The number of hydrogen-bond donors (Lipinski definition) is 1. The molecule has 0 bridgehead atoms. The van der Waals surface area contributed by atoms with Crippen molar-refractivity contribution >= 4 is 33.8 Å². The molecule has 0 radical (unpaired) electrons. The molecule has 0 aliphatic rings. The van der Waals surface area contributed by atoms with Gasteiger partial charge in [-0.05, 0) is 60.9 Å². The maximum Gasteiger partial charge on any atom is 0.238 e. The van der Waals surface area contributed by atoms with Gasteiger partial charge in [-0.25, -0.2) is 4.98 Å². The van der Waals surface area contributed by atoms with E-state index in [9.17, 15) is 5.11 Å². The summed E-state index contributed by atoms with van der Waals surface area (Å²) in [5.74, 6) is 0.700. The summed E-state index contributed by atoms with van der Waals surface area (Å²) in [4.78, 5) is 4.35. The van der Waals surface area contributed by atoms with Crippen molar-refractivity contribution in [1.82, 2.24) is 4.98 Å². The van der Waals surface area contributed by atoms with Crippen molar-refractivity contribution in [3.63, 3.8) is 0 Å². The van der Waals surface area contributed by atoms with Gasteiger partial charge in [-0.2, -0.15) is 0 Å². The van der Waals surface area contributed by atoms with E-state index in [0.717, 1.165) is 22.2 Å². The van der Waals surface area contributed by atoms with Gasteiger partial charge >= 0.3 is 0 Å². The topological polar surface area (TPSA) is 46.3 Å². The fourth-order valence-electron chi connectivity index (χ4n) is 2.26. The van der Waals surface area contributed by atoms with Crippen LogP contribution in [0, 0.1) is 13.8 Å². The van der Waals surface area contributed by atoms with Crippen LogP contribution in [0.4, 0.5) is 0 Å². The van der Waals surface area contributed by atoms with E-state index in [4.69, 9.17) is 16.0 Å². The van der Waals surface area contributed by atoms with E-state index >= 15 is 0 Å². The number of benzene rings is 2. The second kappa shape index (κ2) is 5.26. The van der Waals surface area contributed by atoms with E-state index in [-0.39, 0.29) is 0 Å². The second-order valence-electron chi connectivity index (χ2n) is 4.98. The smallest absolute Gasteiger partial charge is 0.238 e. The summed E-state index contributed by atoms with van der Waals surface area (Å²) in [6.45, 7) is 3.71. The van der Waals surface area contributed by atoms with Crippen molar-refractivity contribution in [2.24, 2.45) is 0 Å². The van der Waals surface area contributed by atoms with E-state index < -0.39 is 0 Å². The lowest BCUT2D eigenvalue weighted by molar-refractivity contribution is 0.467. The number of para-hydroxylation sites is 2. The van der Waals surface area contributed by atoms with Gasteiger partial charge in [-0.15, -0.1) is 0 Å². The zero-order valence-corrected chi connectivity index (χ0v) is 12.5. The molecular weight excluding hydrogens is 286 g/mol. The first-order chi connectivity index (χ1) is 10.0. The molecule has 4 heteroatoms. The lowest BCUT2D eigenvalue weighted by atomic mass is 10.1. The molecule has 3 nitrogen and oxygen atoms in total. The molecule has 0 spiro atoms. The van der Waals surface area contributed by atoms with Crippen molar-refractivity contribution in [2.75, 3.05) is 0 Å². The molecule has 106 valence electrons. The van der Waals surface area contributed by atoms with E-state index in [1.165, 1.54) is 0 Å². The van der Waals surface area contributed by atoms with Gasteiger partial charge in [0.15, 0.2) is 5.58 Å². The molecule has 0 atom stereocenters. The number of aromatic hydroxyl groups is 1. The quantitative estimate of drug-likeness (QED) is 0.733. The van der Waals surface area contributed by atoms with Crippen LogP contribution in [-0.4, -0.2) is 10.1 Å². The third-order valence-corrected chi connectivity index (χ3v) is 3.58. The molecule has 0 saturated carbocycles. The largest absolute Gasteiger partial charge is 0.507 e. The Morgan fingerprint density at radius 2 is 1.86 bits per heavy atom. The number of rotatable bonds is 2. The highest BCUT2D eigenvalue weighted by molar-refractivity contribution is 6.50. The number of aromatic nitrogens is 1. The molecule has 0 unspecified atom stereocenters. The SMILES string of the molecule is Cc1cc(/C=C(\Cl)c2nc3ccccc3o2)cc(C)c1O. The predicted molar refractivity (Wildman–Crippen MR) is 85.3 cm³/mol. The third kappa shape index (κ3) is 2.65.